The molecule has 0 heterocycles. The van der Waals surface area contributed by atoms with Crippen molar-refractivity contribution in [3.8, 4) is 5.75 Å². The number of primary amides is 1. The molecule has 1 aromatic carbocycles. The molecule has 0 aliphatic heterocycles. The summed E-state index contributed by atoms with van der Waals surface area (Å²) in [5.74, 6) is -0.659. The highest BCUT2D eigenvalue weighted by Gasteiger charge is 2.03. The molecule has 0 bridgehead atoms. The Labute approximate surface area is 87.2 Å². The topological polar surface area (TPSA) is 64.3 Å². The highest BCUT2D eigenvalue weighted by atomic mass is 19.1. The maximum absolute atomic E-state index is 13.2. The number of amides is 1. The van der Waals surface area contributed by atoms with Gasteiger partial charge in [0.2, 0.25) is 5.91 Å². The normalized spacial score (nSPS) is 10.0. The van der Waals surface area contributed by atoms with Gasteiger partial charge in [0, 0.05) is 6.54 Å². The van der Waals surface area contributed by atoms with Crippen LogP contribution in [-0.2, 0) is 11.3 Å². The van der Waals surface area contributed by atoms with Crippen molar-refractivity contribution in [2.45, 2.75) is 6.54 Å². The van der Waals surface area contributed by atoms with Crippen molar-refractivity contribution in [2.75, 3.05) is 13.7 Å². The van der Waals surface area contributed by atoms with Crippen LogP contribution in [0.15, 0.2) is 18.2 Å². The van der Waals surface area contributed by atoms with E-state index in [2.05, 4.69) is 5.32 Å². The number of nitrogens with two attached hydrogens (primary N) is 1. The van der Waals surface area contributed by atoms with Gasteiger partial charge in [0.15, 0.2) is 11.6 Å². The van der Waals surface area contributed by atoms with E-state index in [0.717, 1.165) is 5.56 Å². The Balaban J connectivity index is 2.55. The van der Waals surface area contributed by atoms with Gasteiger partial charge < -0.3 is 15.8 Å². The Kier molecular flexibility index (Phi) is 4.05. The summed E-state index contributed by atoms with van der Waals surface area (Å²) in [6, 6.07) is 4.61. The number of halogens is 1. The lowest BCUT2D eigenvalue weighted by molar-refractivity contribution is -0.117. The van der Waals surface area contributed by atoms with Crippen molar-refractivity contribution in [3.05, 3.63) is 29.6 Å². The number of benzene rings is 1. The zero-order valence-electron chi connectivity index (χ0n) is 8.42. The SMILES string of the molecule is COc1ccc(CNCC(N)=O)cc1F. The molecule has 0 radical (unpaired) electrons. The first-order valence-corrected chi connectivity index (χ1v) is 4.45. The van der Waals surface area contributed by atoms with Crippen LogP contribution in [-0.4, -0.2) is 19.6 Å². The van der Waals surface area contributed by atoms with Gasteiger partial charge in [0.25, 0.3) is 0 Å². The Morgan fingerprint density at radius 2 is 2.33 bits per heavy atom. The Bertz CT molecular complexity index is 355. The molecule has 3 N–H and O–H groups in total. The third-order valence-corrected chi connectivity index (χ3v) is 1.84. The highest BCUT2D eigenvalue weighted by Crippen LogP contribution is 2.17. The Morgan fingerprint density at radius 1 is 1.60 bits per heavy atom. The maximum atomic E-state index is 13.2. The zero-order valence-corrected chi connectivity index (χ0v) is 8.42. The van der Waals surface area contributed by atoms with E-state index in [4.69, 9.17) is 10.5 Å². The fraction of sp³-hybridized carbons (Fsp3) is 0.300. The van der Waals surface area contributed by atoms with E-state index in [-0.39, 0.29) is 12.3 Å². The predicted molar refractivity (Wildman–Crippen MR) is 53.9 cm³/mol. The van der Waals surface area contributed by atoms with Crippen molar-refractivity contribution in [3.63, 3.8) is 0 Å². The van der Waals surface area contributed by atoms with Crippen LogP contribution >= 0.6 is 0 Å². The van der Waals surface area contributed by atoms with Crippen LogP contribution in [0.5, 0.6) is 5.75 Å². The summed E-state index contributed by atoms with van der Waals surface area (Å²) >= 11 is 0. The third-order valence-electron chi connectivity index (χ3n) is 1.84. The standard InChI is InChI=1S/C10H13FN2O2/c1-15-9-3-2-7(4-8(9)11)5-13-6-10(12)14/h2-4,13H,5-6H2,1H3,(H2,12,14). The molecule has 0 aromatic heterocycles. The van der Waals surface area contributed by atoms with E-state index in [1.54, 1.807) is 6.07 Å². The number of ether oxygens (including phenoxy) is 1. The minimum absolute atomic E-state index is 0.0770. The summed E-state index contributed by atoms with van der Waals surface area (Å²) in [7, 11) is 1.41. The molecule has 0 saturated heterocycles. The molecule has 0 aliphatic rings. The van der Waals surface area contributed by atoms with Crippen molar-refractivity contribution < 1.29 is 13.9 Å². The van der Waals surface area contributed by atoms with Crippen LogP contribution in [0, 0.1) is 5.82 Å². The number of methoxy groups -OCH3 is 1. The van der Waals surface area contributed by atoms with Crippen molar-refractivity contribution in [2.24, 2.45) is 5.73 Å². The summed E-state index contributed by atoms with van der Waals surface area (Å²) in [5.41, 5.74) is 5.67. The van der Waals surface area contributed by atoms with Crippen LogP contribution in [0.4, 0.5) is 4.39 Å². The van der Waals surface area contributed by atoms with Gasteiger partial charge in [-0.1, -0.05) is 6.07 Å². The van der Waals surface area contributed by atoms with Crippen molar-refractivity contribution >= 4 is 5.91 Å². The first kappa shape index (κ1) is 11.5. The quantitative estimate of drug-likeness (QED) is 0.743. The molecule has 0 unspecified atom stereocenters. The maximum Gasteiger partial charge on any atom is 0.231 e. The number of nitrogens with one attached hydrogen (secondary N) is 1. The molecule has 1 rings (SSSR count). The van der Waals surface area contributed by atoms with Crippen LogP contribution < -0.4 is 15.8 Å². The average Bonchev–Trinajstić information content (AvgIpc) is 2.17. The lowest BCUT2D eigenvalue weighted by atomic mass is 10.2. The molecule has 1 aromatic rings. The predicted octanol–water partition coefficient (Wildman–Crippen LogP) is 0.409. The molecule has 5 heteroatoms. The van der Waals surface area contributed by atoms with Gasteiger partial charge in [0.1, 0.15) is 0 Å². The molecular formula is C10H13FN2O2. The molecule has 0 aliphatic carbocycles. The molecule has 15 heavy (non-hydrogen) atoms. The summed E-state index contributed by atoms with van der Waals surface area (Å²) in [6.07, 6.45) is 0. The minimum atomic E-state index is -0.441. The molecule has 0 saturated carbocycles. The van der Waals surface area contributed by atoms with Crippen LogP contribution in [0.25, 0.3) is 0 Å². The zero-order chi connectivity index (χ0) is 11.3. The Hall–Kier alpha value is -1.62. The van der Waals surface area contributed by atoms with Gasteiger partial charge in [-0.15, -0.1) is 0 Å². The molecule has 1 amide bonds. The van der Waals surface area contributed by atoms with E-state index < -0.39 is 11.7 Å². The number of rotatable bonds is 5. The molecular weight excluding hydrogens is 199 g/mol. The smallest absolute Gasteiger partial charge is 0.231 e. The number of hydrogen-bond donors (Lipinski definition) is 2. The fourth-order valence-electron chi connectivity index (χ4n) is 1.15. The first-order chi connectivity index (χ1) is 7.13. The molecule has 0 spiro atoms. The lowest BCUT2D eigenvalue weighted by Crippen LogP contribution is -2.28. The van der Waals surface area contributed by atoms with Crippen LogP contribution in [0.2, 0.25) is 0 Å². The van der Waals surface area contributed by atoms with E-state index in [0.29, 0.717) is 6.54 Å². The number of carbonyl (C=O) groups excluding carboxylic acids is 1. The summed E-state index contributed by atoms with van der Waals surface area (Å²) < 4.78 is 18.0. The van der Waals surface area contributed by atoms with Gasteiger partial charge >= 0.3 is 0 Å². The van der Waals surface area contributed by atoms with E-state index in [1.165, 1.54) is 19.2 Å². The van der Waals surface area contributed by atoms with Gasteiger partial charge in [0.05, 0.1) is 13.7 Å². The van der Waals surface area contributed by atoms with Crippen molar-refractivity contribution in [1.29, 1.82) is 0 Å². The first-order valence-electron chi connectivity index (χ1n) is 4.45. The highest BCUT2D eigenvalue weighted by molar-refractivity contribution is 5.75. The number of carbonyl (C=O) groups is 1. The molecule has 0 atom stereocenters. The van der Waals surface area contributed by atoms with Crippen LogP contribution in [0.1, 0.15) is 5.56 Å². The van der Waals surface area contributed by atoms with E-state index in [1.807, 2.05) is 0 Å². The third kappa shape index (κ3) is 3.55. The number of hydrogen-bond acceptors (Lipinski definition) is 3. The van der Waals surface area contributed by atoms with Gasteiger partial charge in [-0.3, -0.25) is 4.79 Å². The molecule has 82 valence electrons. The molecule has 0 fully saturated rings. The van der Waals surface area contributed by atoms with Gasteiger partial charge in [-0.05, 0) is 17.7 Å². The van der Waals surface area contributed by atoms with Crippen molar-refractivity contribution in [1.82, 2.24) is 5.32 Å². The second-order valence-electron chi connectivity index (χ2n) is 3.04. The van der Waals surface area contributed by atoms with Crippen LogP contribution in [0.3, 0.4) is 0 Å². The lowest BCUT2D eigenvalue weighted by Gasteiger charge is -2.05. The van der Waals surface area contributed by atoms with E-state index in [9.17, 15) is 9.18 Å². The average molecular weight is 212 g/mol. The molecule has 4 nitrogen and oxygen atoms in total. The second-order valence-corrected chi connectivity index (χ2v) is 3.04. The summed E-state index contributed by atoms with van der Waals surface area (Å²) in [4.78, 5) is 10.4. The van der Waals surface area contributed by atoms with Gasteiger partial charge in [-0.25, -0.2) is 4.39 Å². The largest absolute Gasteiger partial charge is 0.494 e. The minimum Gasteiger partial charge on any atom is -0.494 e. The second kappa shape index (κ2) is 5.31. The summed E-state index contributed by atoms with van der Waals surface area (Å²) in [5, 5.41) is 2.78. The fourth-order valence-corrected chi connectivity index (χ4v) is 1.15. The monoisotopic (exact) mass is 212 g/mol. The Morgan fingerprint density at radius 3 is 2.87 bits per heavy atom. The van der Waals surface area contributed by atoms with E-state index >= 15 is 0 Å². The summed E-state index contributed by atoms with van der Waals surface area (Å²) in [6.45, 7) is 0.470. The van der Waals surface area contributed by atoms with Gasteiger partial charge in [-0.2, -0.15) is 0 Å².